The zero-order valence-electron chi connectivity index (χ0n) is 9.78. The number of aryl methyl sites for hydroxylation is 1. The zero-order chi connectivity index (χ0) is 12.4. The molecule has 3 nitrogen and oxygen atoms in total. The summed E-state index contributed by atoms with van der Waals surface area (Å²) in [4.78, 5) is 0. The van der Waals surface area contributed by atoms with E-state index in [4.69, 9.17) is 8.91 Å². The van der Waals surface area contributed by atoms with Crippen molar-refractivity contribution in [1.82, 2.24) is 0 Å². The molecule has 0 bridgehead atoms. The Bertz CT molecular complexity index is 302. The van der Waals surface area contributed by atoms with E-state index in [1.165, 1.54) is 25.3 Å². The number of phenolic OH excluding ortho intramolecular Hbond substituents is 2. The van der Waals surface area contributed by atoms with E-state index >= 15 is 0 Å². The molecule has 0 radical (unpaired) electrons. The summed E-state index contributed by atoms with van der Waals surface area (Å²) in [6.07, 6.45) is 5.68. The van der Waals surface area contributed by atoms with Crippen LogP contribution >= 0.6 is 0 Å². The van der Waals surface area contributed by atoms with E-state index in [1.807, 2.05) is 0 Å². The summed E-state index contributed by atoms with van der Waals surface area (Å²) in [5.74, 6) is 0.335. The van der Waals surface area contributed by atoms with Gasteiger partial charge in [-0.15, -0.1) is 0 Å². The van der Waals surface area contributed by atoms with E-state index in [-0.39, 0.29) is 11.5 Å². The number of rotatable bonds is 5. The Labute approximate surface area is 105 Å². The SMILES string of the molecule is CCCCCCc1ccc(O)cc1O.[O]=[AlH]. The monoisotopic (exact) mass is 238 g/mol. The Morgan fingerprint density at radius 1 is 1.12 bits per heavy atom. The summed E-state index contributed by atoms with van der Waals surface area (Å²) in [5.41, 5.74) is 0.930. The van der Waals surface area contributed by atoms with Gasteiger partial charge < -0.3 is 10.2 Å². The van der Waals surface area contributed by atoms with Gasteiger partial charge in [-0.05, 0) is 24.5 Å². The summed E-state index contributed by atoms with van der Waals surface area (Å²) in [7, 11) is 0. The Hall–Kier alpha value is -0.848. The van der Waals surface area contributed by atoms with E-state index in [0.29, 0.717) is 16.2 Å². The van der Waals surface area contributed by atoms with Gasteiger partial charge >= 0.3 is 20.0 Å². The zero-order valence-corrected chi connectivity index (χ0v) is 11.2. The first-order chi connectivity index (χ1) is 7.74. The van der Waals surface area contributed by atoms with E-state index in [1.54, 1.807) is 12.1 Å². The third-order valence-corrected chi connectivity index (χ3v) is 2.37. The standard InChI is InChI=1S/C12H18O2.Al.O.H/c1-2-3-4-5-6-10-7-8-11(13)9-12(10)14;;;/h7-9,13-14H,2-6H2,1H3;;;. The fourth-order valence-electron chi connectivity index (χ4n) is 1.51. The molecule has 0 saturated carbocycles. The molecular formula is C12H19AlO3. The van der Waals surface area contributed by atoms with Crippen LogP contribution in [0.2, 0.25) is 0 Å². The van der Waals surface area contributed by atoms with Crippen molar-refractivity contribution in [2.24, 2.45) is 0 Å². The molecule has 0 aromatic heterocycles. The summed E-state index contributed by atoms with van der Waals surface area (Å²) >= 11 is 0.611. The first kappa shape index (κ1) is 15.2. The molecule has 0 aliphatic heterocycles. The molecule has 2 N–H and O–H groups in total. The van der Waals surface area contributed by atoms with Crippen LogP contribution in [0.4, 0.5) is 0 Å². The Morgan fingerprint density at radius 3 is 2.38 bits per heavy atom. The molecule has 0 heterocycles. The van der Waals surface area contributed by atoms with Crippen molar-refractivity contribution in [3.05, 3.63) is 23.8 Å². The minimum absolute atomic E-state index is 0.125. The first-order valence-electron chi connectivity index (χ1n) is 5.53. The van der Waals surface area contributed by atoms with Gasteiger partial charge in [-0.1, -0.05) is 32.3 Å². The van der Waals surface area contributed by atoms with Gasteiger partial charge in [0.1, 0.15) is 11.5 Å². The summed E-state index contributed by atoms with van der Waals surface area (Å²) in [5, 5.41) is 18.6. The second kappa shape index (κ2) is 9.38. The summed E-state index contributed by atoms with van der Waals surface area (Å²) < 4.78 is 8.28. The molecule has 0 aliphatic rings. The molecule has 0 fully saturated rings. The fraction of sp³-hybridized carbons (Fsp3) is 0.500. The number of phenols is 2. The average Bonchev–Trinajstić information content (AvgIpc) is 2.29. The molecular weight excluding hydrogens is 219 g/mol. The van der Waals surface area contributed by atoms with E-state index in [0.717, 1.165) is 18.4 Å². The van der Waals surface area contributed by atoms with Crippen LogP contribution in [0.5, 0.6) is 11.5 Å². The van der Waals surface area contributed by atoms with Crippen molar-refractivity contribution < 1.29 is 14.0 Å². The predicted octanol–water partition coefficient (Wildman–Crippen LogP) is 2.45. The quantitative estimate of drug-likeness (QED) is 0.612. The Morgan fingerprint density at radius 2 is 1.81 bits per heavy atom. The third-order valence-electron chi connectivity index (χ3n) is 2.37. The Balaban J connectivity index is 0.00000106. The molecule has 1 aromatic carbocycles. The van der Waals surface area contributed by atoms with Crippen molar-refractivity contribution in [2.75, 3.05) is 0 Å². The van der Waals surface area contributed by atoms with Crippen LogP contribution in [0.25, 0.3) is 0 Å². The molecule has 1 rings (SSSR count). The predicted molar refractivity (Wildman–Crippen MR) is 65.5 cm³/mol. The molecule has 0 amide bonds. The van der Waals surface area contributed by atoms with Gasteiger partial charge in [0, 0.05) is 6.07 Å². The van der Waals surface area contributed by atoms with Crippen LogP contribution in [0, 0.1) is 0 Å². The van der Waals surface area contributed by atoms with Gasteiger partial charge in [0.15, 0.2) is 0 Å². The van der Waals surface area contributed by atoms with Gasteiger partial charge in [0.2, 0.25) is 0 Å². The number of hydrogen-bond acceptors (Lipinski definition) is 3. The van der Waals surface area contributed by atoms with Gasteiger partial charge in [-0.25, -0.2) is 0 Å². The molecule has 0 unspecified atom stereocenters. The molecule has 16 heavy (non-hydrogen) atoms. The second-order valence-corrected chi connectivity index (χ2v) is 3.62. The number of benzene rings is 1. The molecule has 88 valence electrons. The Kier molecular flexibility index (Phi) is 8.89. The van der Waals surface area contributed by atoms with Crippen molar-refractivity contribution in [2.45, 2.75) is 39.0 Å². The minimum atomic E-state index is 0.125. The van der Waals surface area contributed by atoms with Gasteiger partial charge in [0.25, 0.3) is 0 Å². The van der Waals surface area contributed by atoms with Crippen LogP contribution in [-0.4, -0.2) is 26.4 Å². The van der Waals surface area contributed by atoms with Crippen LogP contribution in [0.15, 0.2) is 18.2 Å². The van der Waals surface area contributed by atoms with Crippen LogP contribution in [-0.2, 0) is 10.2 Å². The van der Waals surface area contributed by atoms with Crippen LogP contribution in [0.1, 0.15) is 38.2 Å². The first-order valence-corrected chi connectivity index (χ1v) is 6.11. The molecule has 4 heteroatoms. The van der Waals surface area contributed by atoms with Crippen molar-refractivity contribution in [1.29, 1.82) is 0 Å². The van der Waals surface area contributed by atoms with Crippen LogP contribution < -0.4 is 0 Å². The number of aromatic hydroxyl groups is 2. The second-order valence-electron chi connectivity index (χ2n) is 3.62. The fourth-order valence-corrected chi connectivity index (χ4v) is 1.51. The number of hydrogen-bond donors (Lipinski definition) is 2. The van der Waals surface area contributed by atoms with E-state index in [2.05, 4.69) is 6.92 Å². The normalized spacial score (nSPS) is 9.25. The summed E-state index contributed by atoms with van der Waals surface area (Å²) in [6, 6.07) is 4.81. The van der Waals surface area contributed by atoms with Crippen molar-refractivity contribution in [3.8, 4) is 11.5 Å². The molecule has 0 saturated heterocycles. The molecule has 0 spiro atoms. The maximum atomic E-state index is 9.49. The number of unbranched alkanes of at least 4 members (excludes halogenated alkanes) is 3. The topological polar surface area (TPSA) is 57.5 Å². The van der Waals surface area contributed by atoms with E-state index in [9.17, 15) is 5.11 Å². The van der Waals surface area contributed by atoms with Crippen LogP contribution in [0.3, 0.4) is 0 Å². The summed E-state index contributed by atoms with van der Waals surface area (Å²) in [6.45, 7) is 2.18. The molecule has 0 aliphatic carbocycles. The van der Waals surface area contributed by atoms with Gasteiger partial charge in [-0.2, -0.15) is 0 Å². The average molecular weight is 238 g/mol. The maximum absolute atomic E-state index is 9.49. The van der Waals surface area contributed by atoms with E-state index < -0.39 is 0 Å². The van der Waals surface area contributed by atoms with Gasteiger partial charge in [0.05, 0.1) is 0 Å². The van der Waals surface area contributed by atoms with Crippen molar-refractivity contribution in [3.63, 3.8) is 0 Å². The van der Waals surface area contributed by atoms with Crippen molar-refractivity contribution >= 4 is 16.2 Å². The third kappa shape index (κ3) is 5.89. The molecule has 0 atom stereocenters. The van der Waals surface area contributed by atoms with Gasteiger partial charge in [-0.3, -0.25) is 0 Å². The molecule has 1 aromatic rings.